The van der Waals surface area contributed by atoms with Crippen molar-refractivity contribution < 1.29 is 9.59 Å². The van der Waals surface area contributed by atoms with E-state index in [1.165, 1.54) is 4.57 Å². The van der Waals surface area contributed by atoms with Crippen molar-refractivity contribution in [2.24, 2.45) is 13.0 Å². The lowest BCUT2D eigenvalue weighted by Crippen LogP contribution is -2.43. The summed E-state index contributed by atoms with van der Waals surface area (Å²) in [6, 6.07) is 0. The van der Waals surface area contributed by atoms with Crippen molar-refractivity contribution in [3.8, 4) is 0 Å². The number of rotatable bonds is 1. The van der Waals surface area contributed by atoms with Crippen molar-refractivity contribution in [1.82, 2.24) is 19.4 Å². The molecular formula is C17H24N4O3. The number of nitrogens with zero attached hydrogens (tertiary/aromatic N) is 4. The molecule has 1 atom stereocenters. The quantitative estimate of drug-likeness (QED) is 0.754. The fourth-order valence-electron chi connectivity index (χ4n) is 3.46. The average Bonchev–Trinajstić information content (AvgIpc) is 3.07. The predicted octanol–water partition coefficient (Wildman–Crippen LogP) is 0.578. The van der Waals surface area contributed by atoms with E-state index in [-0.39, 0.29) is 41.8 Å². The summed E-state index contributed by atoms with van der Waals surface area (Å²) < 4.78 is 1.51. The van der Waals surface area contributed by atoms with Crippen LogP contribution >= 0.6 is 0 Å². The molecule has 1 aromatic rings. The van der Waals surface area contributed by atoms with Crippen LogP contribution in [-0.4, -0.2) is 43.2 Å². The lowest BCUT2D eigenvalue weighted by molar-refractivity contribution is -0.136. The van der Waals surface area contributed by atoms with Crippen LogP contribution in [0.4, 0.5) is 0 Å². The maximum absolute atomic E-state index is 12.8. The summed E-state index contributed by atoms with van der Waals surface area (Å²) in [7, 11) is 1.69. The van der Waals surface area contributed by atoms with Crippen LogP contribution in [-0.2, 0) is 29.7 Å². The van der Waals surface area contributed by atoms with E-state index >= 15 is 0 Å². The summed E-state index contributed by atoms with van der Waals surface area (Å²) in [4.78, 5) is 45.2. The number of likely N-dealkylation sites (tertiary alicyclic amines) is 1. The van der Waals surface area contributed by atoms with E-state index in [4.69, 9.17) is 0 Å². The largest absolute Gasteiger partial charge is 0.337 e. The predicted molar refractivity (Wildman–Crippen MR) is 88.0 cm³/mol. The van der Waals surface area contributed by atoms with Crippen molar-refractivity contribution in [2.45, 2.75) is 52.7 Å². The first-order valence-corrected chi connectivity index (χ1v) is 8.24. The van der Waals surface area contributed by atoms with Gasteiger partial charge in [0.15, 0.2) is 0 Å². The Hall–Kier alpha value is -2.18. The topological polar surface area (TPSA) is 75.5 Å². The standard InChI is InChI=1S/C17H24N4O3/c1-10-18-13-9-20(8-12(13)16(24)19(10)5)15(23)11-6-14(22)21(7-11)17(2,3)4/h11H,6-9H2,1-5H3. The van der Waals surface area contributed by atoms with Crippen LogP contribution in [0.2, 0.25) is 0 Å². The summed E-state index contributed by atoms with van der Waals surface area (Å²) in [5.74, 6) is 0.259. The molecule has 3 rings (SSSR count). The Morgan fingerprint density at radius 3 is 2.46 bits per heavy atom. The van der Waals surface area contributed by atoms with E-state index in [2.05, 4.69) is 4.98 Å². The summed E-state index contributed by atoms with van der Waals surface area (Å²) >= 11 is 0. The first kappa shape index (κ1) is 16.7. The average molecular weight is 332 g/mol. The fourth-order valence-corrected chi connectivity index (χ4v) is 3.46. The maximum atomic E-state index is 12.8. The van der Waals surface area contributed by atoms with Gasteiger partial charge in [0, 0.05) is 25.6 Å². The van der Waals surface area contributed by atoms with Crippen molar-refractivity contribution in [2.75, 3.05) is 6.54 Å². The van der Waals surface area contributed by atoms with Crippen LogP contribution in [0, 0.1) is 12.8 Å². The lowest BCUT2D eigenvalue weighted by atomic mass is 10.1. The van der Waals surface area contributed by atoms with Crippen molar-refractivity contribution in [1.29, 1.82) is 0 Å². The number of carbonyl (C=O) groups is 2. The number of aromatic nitrogens is 2. The molecule has 0 saturated carbocycles. The summed E-state index contributed by atoms with van der Waals surface area (Å²) in [5.41, 5.74) is 0.898. The molecule has 1 aromatic heterocycles. The van der Waals surface area contributed by atoms with Crippen LogP contribution in [0.3, 0.4) is 0 Å². The zero-order chi connectivity index (χ0) is 17.8. The summed E-state index contributed by atoms with van der Waals surface area (Å²) in [5, 5.41) is 0. The van der Waals surface area contributed by atoms with Gasteiger partial charge in [-0.1, -0.05) is 0 Å². The van der Waals surface area contributed by atoms with Gasteiger partial charge in [-0.2, -0.15) is 0 Å². The fraction of sp³-hybridized carbons (Fsp3) is 0.647. The number of hydrogen-bond acceptors (Lipinski definition) is 4. The zero-order valence-electron chi connectivity index (χ0n) is 14.9. The van der Waals surface area contributed by atoms with E-state index in [1.807, 2.05) is 20.8 Å². The molecule has 2 aliphatic heterocycles. The molecule has 1 saturated heterocycles. The highest BCUT2D eigenvalue weighted by molar-refractivity contribution is 5.89. The maximum Gasteiger partial charge on any atom is 0.258 e. The van der Waals surface area contributed by atoms with Gasteiger partial charge in [-0.25, -0.2) is 4.98 Å². The van der Waals surface area contributed by atoms with Crippen LogP contribution in [0.25, 0.3) is 0 Å². The van der Waals surface area contributed by atoms with Gasteiger partial charge in [-0.3, -0.25) is 19.0 Å². The van der Waals surface area contributed by atoms with Crippen LogP contribution in [0.15, 0.2) is 4.79 Å². The molecule has 1 unspecified atom stereocenters. The third-order valence-corrected chi connectivity index (χ3v) is 4.98. The van der Waals surface area contributed by atoms with Gasteiger partial charge in [0.25, 0.3) is 5.56 Å². The van der Waals surface area contributed by atoms with Crippen molar-refractivity contribution in [3.05, 3.63) is 27.4 Å². The molecule has 0 aromatic carbocycles. The van der Waals surface area contributed by atoms with Crippen molar-refractivity contribution >= 4 is 11.8 Å². The normalized spacial score (nSPS) is 20.7. The first-order chi connectivity index (χ1) is 11.1. The van der Waals surface area contributed by atoms with Crippen LogP contribution in [0.5, 0.6) is 0 Å². The monoisotopic (exact) mass is 332 g/mol. The van der Waals surface area contributed by atoms with Gasteiger partial charge in [0.1, 0.15) is 5.82 Å². The molecule has 1 fully saturated rings. The molecule has 24 heavy (non-hydrogen) atoms. The molecule has 2 amide bonds. The summed E-state index contributed by atoms with van der Waals surface area (Å²) in [6.07, 6.45) is 0.243. The van der Waals surface area contributed by atoms with Gasteiger partial charge in [-0.15, -0.1) is 0 Å². The van der Waals surface area contributed by atoms with Gasteiger partial charge in [-0.05, 0) is 27.7 Å². The second kappa shape index (κ2) is 5.43. The molecule has 130 valence electrons. The highest BCUT2D eigenvalue weighted by Gasteiger charge is 2.42. The van der Waals surface area contributed by atoms with Gasteiger partial charge >= 0.3 is 0 Å². The minimum absolute atomic E-state index is 0.0162. The van der Waals surface area contributed by atoms with Gasteiger partial charge in [0.2, 0.25) is 11.8 Å². The van der Waals surface area contributed by atoms with Gasteiger partial charge < -0.3 is 9.80 Å². The van der Waals surface area contributed by atoms with Gasteiger partial charge in [0.05, 0.1) is 30.3 Å². The first-order valence-electron chi connectivity index (χ1n) is 8.24. The lowest BCUT2D eigenvalue weighted by Gasteiger charge is -2.32. The minimum Gasteiger partial charge on any atom is -0.337 e. The van der Waals surface area contributed by atoms with E-state index in [0.29, 0.717) is 30.2 Å². The molecule has 3 heterocycles. The number of carbonyl (C=O) groups excluding carboxylic acids is 2. The Labute approximate surface area is 141 Å². The third-order valence-electron chi connectivity index (χ3n) is 4.98. The van der Waals surface area contributed by atoms with E-state index < -0.39 is 0 Å². The Kier molecular flexibility index (Phi) is 3.77. The Morgan fingerprint density at radius 2 is 1.88 bits per heavy atom. The molecule has 0 radical (unpaired) electrons. The molecule has 0 aliphatic carbocycles. The molecule has 0 N–H and O–H groups in total. The minimum atomic E-state index is -0.337. The second-order valence-corrected chi connectivity index (χ2v) is 7.72. The third kappa shape index (κ3) is 2.61. The molecule has 7 nitrogen and oxygen atoms in total. The second-order valence-electron chi connectivity index (χ2n) is 7.72. The molecular weight excluding hydrogens is 308 g/mol. The highest BCUT2D eigenvalue weighted by atomic mass is 16.2. The highest BCUT2D eigenvalue weighted by Crippen LogP contribution is 2.29. The van der Waals surface area contributed by atoms with E-state index in [9.17, 15) is 14.4 Å². The van der Waals surface area contributed by atoms with E-state index in [1.54, 1.807) is 23.8 Å². The SMILES string of the molecule is Cc1nc2c(c(=O)n1C)CN(C(=O)C1CC(=O)N(C(C)(C)C)C1)C2. The number of fused-ring (bicyclic) bond motifs is 1. The van der Waals surface area contributed by atoms with Crippen molar-refractivity contribution in [3.63, 3.8) is 0 Å². The van der Waals surface area contributed by atoms with Crippen LogP contribution in [0.1, 0.15) is 44.3 Å². The van der Waals surface area contributed by atoms with E-state index in [0.717, 1.165) is 0 Å². The Balaban J connectivity index is 1.78. The molecule has 0 spiro atoms. The smallest absolute Gasteiger partial charge is 0.258 e. The molecule has 7 heteroatoms. The number of amides is 2. The Bertz CT molecular complexity index is 775. The number of hydrogen-bond donors (Lipinski definition) is 0. The molecule has 0 bridgehead atoms. The Morgan fingerprint density at radius 1 is 1.21 bits per heavy atom. The zero-order valence-corrected chi connectivity index (χ0v) is 14.9. The summed E-state index contributed by atoms with van der Waals surface area (Å²) in [6.45, 7) is 8.78. The van der Waals surface area contributed by atoms with Crippen LogP contribution < -0.4 is 5.56 Å². The number of aryl methyl sites for hydroxylation is 1. The molecule has 2 aliphatic rings.